The zero-order valence-corrected chi connectivity index (χ0v) is 60.2. The smallest absolute Gasteiger partial charge is 0.462 e. The summed E-state index contributed by atoms with van der Waals surface area (Å²) in [6.45, 7) is 9.54. The van der Waals surface area contributed by atoms with E-state index in [-0.39, 0.29) is 25.7 Å². The highest BCUT2D eigenvalue weighted by atomic mass is 31.2. The van der Waals surface area contributed by atoms with Crippen LogP contribution in [0.2, 0.25) is 0 Å². The number of aliphatic hydroxyl groups is 1. The fourth-order valence-electron chi connectivity index (χ4n) is 10.7. The van der Waals surface area contributed by atoms with E-state index < -0.39 is 97.5 Å². The summed E-state index contributed by atoms with van der Waals surface area (Å²) in [5, 5.41) is 10.6. The molecular formula is C71H138O17P2. The number of hydrogen-bond donors (Lipinski definition) is 3. The first-order valence-corrected chi connectivity index (χ1v) is 40.0. The van der Waals surface area contributed by atoms with Crippen molar-refractivity contribution >= 4 is 39.5 Å². The van der Waals surface area contributed by atoms with Crippen molar-refractivity contribution in [3.05, 3.63) is 0 Å². The molecule has 0 radical (unpaired) electrons. The van der Waals surface area contributed by atoms with E-state index in [4.69, 9.17) is 37.0 Å². The monoisotopic (exact) mass is 1320 g/mol. The molecule has 0 aliphatic heterocycles. The predicted octanol–water partition coefficient (Wildman–Crippen LogP) is 20.4. The summed E-state index contributed by atoms with van der Waals surface area (Å²) in [4.78, 5) is 72.6. The lowest BCUT2D eigenvalue weighted by atomic mass is 10.00. The van der Waals surface area contributed by atoms with Gasteiger partial charge in [-0.2, -0.15) is 0 Å². The van der Waals surface area contributed by atoms with E-state index in [0.29, 0.717) is 25.7 Å². The summed E-state index contributed by atoms with van der Waals surface area (Å²) in [7, 11) is -9.90. The largest absolute Gasteiger partial charge is 0.472 e. The van der Waals surface area contributed by atoms with Gasteiger partial charge in [0.2, 0.25) is 0 Å². The van der Waals surface area contributed by atoms with Crippen molar-refractivity contribution in [3.8, 4) is 0 Å². The fourth-order valence-corrected chi connectivity index (χ4v) is 12.3. The lowest BCUT2D eigenvalue weighted by Crippen LogP contribution is -2.30. The zero-order valence-electron chi connectivity index (χ0n) is 58.4. The molecule has 17 nitrogen and oxygen atoms in total. The Morgan fingerprint density at radius 3 is 0.844 bits per heavy atom. The highest BCUT2D eigenvalue weighted by molar-refractivity contribution is 7.47. The predicted molar refractivity (Wildman–Crippen MR) is 363 cm³/mol. The molecule has 0 heterocycles. The molecule has 0 aliphatic carbocycles. The van der Waals surface area contributed by atoms with Crippen molar-refractivity contribution in [2.45, 2.75) is 381 Å². The van der Waals surface area contributed by atoms with Crippen LogP contribution in [0.3, 0.4) is 0 Å². The van der Waals surface area contributed by atoms with Crippen molar-refractivity contribution in [1.29, 1.82) is 0 Å². The Morgan fingerprint density at radius 1 is 0.322 bits per heavy atom. The second-order valence-electron chi connectivity index (χ2n) is 26.3. The van der Waals surface area contributed by atoms with Crippen LogP contribution in [0.1, 0.15) is 363 Å². The summed E-state index contributed by atoms with van der Waals surface area (Å²) < 4.78 is 68.3. The number of carbonyl (C=O) groups is 4. The first-order valence-electron chi connectivity index (χ1n) is 37.0. The second-order valence-corrected chi connectivity index (χ2v) is 29.3. The molecule has 0 aliphatic rings. The van der Waals surface area contributed by atoms with E-state index >= 15 is 0 Å². The molecule has 0 aromatic heterocycles. The average Bonchev–Trinajstić information content (AvgIpc) is 3.61. The van der Waals surface area contributed by atoms with Gasteiger partial charge in [-0.1, -0.05) is 311 Å². The van der Waals surface area contributed by atoms with Crippen LogP contribution in [0.25, 0.3) is 0 Å². The van der Waals surface area contributed by atoms with Crippen LogP contribution in [-0.4, -0.2) is 96.7 Å². The molecule has 0 rings (SSSR count). The third-order valence-electron chi connectivity index (χ3n) is 16.8. The number of rotatable bonds is 70. The summed E-state index contributed by atoms with van der Waals surface area (Å²) in [6.07, 6.45) is 48.5. The Kier molecular flexibility index (Phi) is 61.8. The van der Waals surface area contributed by atoms with Crippen molar-refractivity contribution in [2.24, 2.45) is 11.8 Å². The molecule has 6 atom stereocenters. The molecule has 90 heavy (non-hydrogen) atoms. The van der Waals surface area contributed by atoms with Gasteiger partial charge in [0.15, 0.2) is 12.2 Å². The maximum Gasteiger partial charge on any atom is 0.472 e. The van der Waals surface area contributed by atoms with Gasteiger partial charge in [-0.05, 0) is 37.5 Å². The number of hydrogen-bond acceptors (Lipinski definition) is 15. The lowest BCUT2D eigenvalue weighted by Gasteiger charge is -2.21. The number of ether oxygens (including phenoxy) is 4. The van der Waals surface area contributed by atoms with Crippen LogP contribution in [0.5, 0.6) is 0 Å². The minimum atomic E-state index is -4.95. The van der Waals surface area contributed by atoms with Crippen molar-refractivity contribution in [3.63, 3.8) is 0 Å². The van der Waals surface area contributed by atoms with Crippen LogP contribution >= 0.6 is 15.6 Å². The third kappa shape index (κ3) is 63.5. The minimum Gasteiger partial charge on any atom is -0.462 e. The zero-order chi connectivity index (χ0) is 66.5. The number of carbonyl (C=O) groups excluding carboxylic acids is 4. The Morgan fingerprint density at radius 2 is 0.567 bits per heavy atom. The molecule has 19 heteroatoms. The Bertz CT molecular complexity index is 1750. The summed E-state index contributed by atoms with van der Waals surface area (Å²) in [6, 6.07) is 0. The van der Waals surface area contributed by atoms with Crippen LogP contribution in [-0.2, 0) is 65.4 Å². The Balaban J connectivity index is 5.24. The molecule has 0 saturated heterocycles. The summed E-state index contributed by atoms with van der Waals surface area (Å²) in [5.74, 6) is -0.596. The van der Waals surface area contributed by atoms with Crippen LogP contribution in [0.15, 0.2) is 0 Å². The first-order chi connectivity index (χ1) is 43.4. The maximum absolute atomic E-state index is 13.0. The quantitative estimate of drug-likeness (QED) is 0.0222. The van der Waals surface area contributed by atoms with Gasteiger partial charge < -0.3 is 33.8 Å². The molecule has 0 bridgehead atoms. The standard InChI is InChI=1S/C71H138O17P2/c1-7-10-12-14-16-18-20-27-30-34-41-47-53-68(73)81-59-66(87-71(76)56-50-44-36-32-28-24-22-21-23-26-29-33-39-45-51-63(4)5)61-85-89(77,78)83-57-65(72)58-84-90(79,80)86-62-67(60-82-69(74)54-48-42-38-37-40-46-52-64(6)9-3)88-70(75)55-49-43-35-31-25-19-17-15-13-11-8-2/h63-67,72H,7-62H2,1-6H3,(H,77,78)(H,79,80)/t64?,65-,66-,67-/m1/s1. The van der Waals surface area contributed by atoms with E-state index in [9.17, 15) is 43.2 Å². The number of phosphoric acid groups is 2. The Hall–Kier alpha value is -1.94. The third-order valence-corrected chi connectivity index (χ3v) is 18.7. The lowest BCUT2D eigenvalue weighted by molar-refractivity contribution is -0.161. The van der Waals surface area contributed by atoms with Crippen molar-refractivity contribution in [2.75, 3.05) is 39.6 Å². The molecule has 3 N–H and O–H groups in total. The molecule has 0 aromatic rings. The number of unbranched alkanes of at least 4 members (excludes halogenated alkanes) is 39. The van der Waals surface area contributed by atoms with Crippen molar-refractivity contribution in [1.82, 2.24) is 0 Å². The normalized spacial score (nSPS) is 14.4. The van der Waals surface area contributed by atoms with Gasteiger partial charge >= 0.3 is 39.5 Å². The number of phosphoric ester groups is 2. The van der Waals surface area contributed by atoms with E-state index in [0.717, 1.165) is 108 Å². The highest BCUT2D eigenvalue weighted by Gasteiger charge is 2.30. The molecule has 0 amide bonds. The molecule has 534 valence electrons. The van der Waals surface area contributed by atoms with Crippen molar-refractivity contribution < 1.29 is 80.2 Å². The molecule has 0 aromatic carbocycles. The summed E-state index contributed by atoms with van der Waals surface area (Å²) >= 11 is 0. The highest BCUT2D eigenvalue weighted by Crippen LogP contribution is 2.45. The number of esters is 4. The van der Waals surface area contributed by atoms with Gasteiger partial charge in [0.05, 0.1) is 26.4 Å². The minimum absolute atomic E-state index is 0.106. The maximum atomic E-state index is 13.0. The van der Waals surface area contributed by atoms with Gasteiger partial charge in [-0.3, -0.25) is 37.3 Å². The van der Waals surface area contributed by atoms with Gasteiger partial charge in [-0.25, -0.2) is 9.13 Å². The van der Waals surface area contributed by atoms with E-state index in [1.807, 2.05) is 0 Å². The van der Waals surface area contributed by atoms with Crippen LogP contribution in [0, 0.1) is 11.8 Å². The molecule has 0 spiro atoms. The SMILES string of the molecule is CCCCCCCCCCCCCCC(=O)OC[C@H](COP(=O)(O)OC[C@@H](O)COP(=O)(O)OC[C@@H](COC(=O)CCCCCCCCC(C)CC)OC(=O)CCCCCCCCCCCCC)OC(=O)CCCCCCCCCCCCCCCCC(C)C. The second kappa shape index (κ2) is 63.1. The topological polar surface area (TPSA) is 237 Å². The van der Waals surface area contributed by atoms with E-state index in [1.54, 1.807) is 0 Å². The first kappa shape index (κ1) is 88.1. The van der Waals surface area contributed by atoms with Crippen LogP contribution < -0.4 is 0 Å². The molecule has 0 saturated carbocycles. The van der Waals surface area contributed by atoms with Crippen LogP contribution in [0.4, 0.5) is 0 Å². The van der Waals surface area contributed by atoms with Gasteiger partial charge in [0.25, 0.3) is 0 Å². The molecular weight excluding hydrogens is 1190 g/mol. The van der Waals surface area contributed by atoms with E-state index in [2.05, 4.69) is 41.5 Å². The molecule has 0 fully saturated rings. The van der Waals surface area contributed by atoms with Gasteiger partial charge in [0, 0.05) is 25.7 Å². The fraction of sp³-hybridized carbons (Fsp3) is 0.944. The number of aliphatic hydroxyl groups excluding tert-OH is 1. The van der Waals surface area contributed by atoms with Gasteiger partial charge in [-0.15, -0.1) is 0 Å². The van der Waals surface area contributed by atoms with E-state index in [1.165, 1.54) is 173 Å². The average molecular weight is 1330 g/mol. The van der Waals surface area contributed by atoms with Gasteiger partial charge in [0.1, 0.15) is 19.3 Å². The Labute approximate surface area is 549 Å². The molecule has 3 unspecified atom stereocenters. The summed E-state index contributed by atoms with van der Waals surface area (Å²) in [5.41, 5.74) is 0.